The molecule has 5 nitrogen and oxygen atoms in total. The van der Waals surface area contributed by atoms with Gasteiger partial charge in [0.05, 0.1) is 23.2 Å². The predicted molar refractivity (Wildman–Crippen MR) is 82.0 cm³/mol. The minimum Gasteiger partial charge on any atom is -0.388 e. The molecule has 2 rings (SSSR count). The summed E-state index contributed by atoms with van der Waals surface area (Å²) in [6.45, 7) is 8.19. The van der Waals surface area contributed by atoms with Crippen molar-refractivity contribution in [1.29, 1.82) is 0 Å². The number of hydrogen-bond acceptors (Lipinski definition) is 4. The Morgan fingerprint density at radius 2 is 2.05 bits per heavy atom. The van der Waals surface area contributed by atoms with Gasteiger partial charge in [0.1, 0.15) is 0 Å². The Balaban J connectivity index is 2.16. The maximum atomic E-state index is 10.5. The average molecular weight is 288 g/mol. The van der Waals surface area contributed by atoms with Crippen LogP contribution in [0.3, 0.4) is 0 Å². The fourth-order valence-corrected chi connectivity index (χ4v) is 2.32. The zero-order valence-corrected chi connectivity index (χ0v) is 13.2. The summed E-state index contributed by atoms with van der Waals surface area (Å²) >= 11 is 0. The molecule has 2 aromatic rings. The highest BCUT2D eigenvalue weighted by Gasteiger charge is 2.16. The Labute approximate surface area is 126 Å². The topological polar surface area (TPSA) is 63.8 Å². The van der Waals surface area contributed by atoms with E-state index in [-0.39, 0.29) is 0 Å². The lowest BCUT2D eigenvalue weighted by Crippen LogP contribution is -2.10. The molecule has 0 aliphatic carbocycles. The van der Waals surface area contributed by atoms with Gasteiger partial charge in [0.2, 0.25) is 0 Å². The van der Waals surface area contributed by atoms with E-state index in [1.165, 1.54) is 0 Å². The van der Waals surface area contributed by atoms with Crippen molar-refractivity contribution < 1.29 is 5.11 Å². The molecule has 2 heterocycles. The number of hydrogen-bond donors (Lipinski definition) is 1. The zero-order chi connectivity index (χ0) is 15.4. The van der Waals surface area contributed by atoms with Gasteiger partial charge in [-0.05, 0) is 38.8 Å². The first kappa shape index (κ1) is 15.6. The van der Waals surface area contributed by atoms with E-state index in [2.05, 4.69) is 29.1 Å². The van der Waals surface area contributed by atoms with Crippen LogP contribution >= 0.6 is 0 Å². The number of aliphatic hydroxyl groups is 1. The third-order valence-electron chi connectivity index (χ3n) is 3.83. The van der Waals surface area contributed by atoms with E-state index in [9.17, 15) is 5.11 Å². The van der Waals surface area contributed by atoms with Crippen molar-refractivity contribution in [3.05, 3.63) is 41.0 Å². The second-order valence-corrected chi connectivity index (χ2v) is 5.51. The lowest BCUT2D eigenvalue weighted by atomic mass is 10.0. The highest BCUT2D eigenvalue weighted by molar-refractivity contribution is 5.24. The molecule has 0 spiro atoms. The van der Waals surface area contributed by atoms with Gasteiger partial charge < -0.3 is 5.11 Å². The standard InChI is InChI=1S/C16H24N4O/c1-5-12(4)20-8-7-13(19-20)10-16(21)14-9-11(3)17-18-15(14)6-2/h7-9,12,16,21H,5-6,10H2,1-4H3. The summed E-state index contributed by atoms with van der Waals surface area (Å²) in [5.41, 5.74) is 3.45. The van der Waals surface area contributed by atoms with Gasteiger partial charge in [0.25, 0.3) is 0 Å². The van der Waals surface area contributed by atoms with Gasteiger partial charge >= 0.3 is 0 Å². The van der Waals surface area contributed by atoms with Crippen molar-refractivity contribution in [3.63, 3.8) is 0 Å². The van der Waals surface area contributed by atoms with Gasteiger partial charge in [0.15, 0.2) is 0 Å². The smallest absolute Gasteiger partial charge is 0.0865 e. The van der Waals surface area contributed by atoms with Crippen LogP contribution in [0.25, 0.3) is 0 Å². The van der Waals surface area contributed by atoms with E-state index in [0.29, 0.717) is 12.5 Å². The van der Waals surface area contributed by atoms with Crippen molar-refractivity contribution in [2.24, 2.45) is 0 Å². The quantitative estimate of drug-likeness (QED) is 0.887. The number of aliphatic hydroxyl groups excluding tert-OH is 1. The molecule has 0 fully saturated rings. The number of aromatic nitrogens is 4. The summed E-state index contributed by atoms with van der Waals surface area (Å²) in [7, 11) is 0. The van der Waals surface area contributed by atoms with Crippen molar-refractivity contribution in [1.82, 2.24) is 20.0 Å². The second-order valence-electron chi connectivity index (χ2n) is 5.51. The number of nitrogens with zero attached hydrogens (tertiary/aromatic N) is 4. The molecule has 0 aliphatic heterocycles. The van der Waals surface area contributed by atoms with E-state index in [1.807, 2.05) is 36.9 Å². The Morgan fingerprint density at radius 3 is 2.71 bits per heavy atom. The summed E-state index contributed by atoms with van der Waals surface area (Å²) in [5.74, 6) is 0. The third kappa shape index (κ3) is 3.67. The Morgan fingerprint density at radius 1 is 1.29 bits per heavy atom. The van der Waals surface area contributed by atoms with Gasteiger partial charge in [-0.15, -0.1) is 0 Å². The molecule has 2 unspecified atom stereocenters. The molecule has 1 N–H and O–H groups in total. The minimum absolute atomic E-state index is 0.381. The molecule has 2 aromatic heterocycles. The van der Waals surface area contributed by atoms with E-state index in [1.54, 1.807) is 0 Å². The van der Waals surface area contributed by atoms with Crippen LogP contribution in [-0.2, 0) is 12.8 Å². The molecule has 21 heavy (non-hydrogen) atoms. The molecule has 0 aliphatic rings. The Kier molecular flexibility index (Phi) is 5.07. The van der Waals surface area contributed by atoms with E-state index in [0.717, 1.165) is 35.5 Å². The van der Waals surface area contributed by atoms with Crippen LogP contribution in [0, 0.1) is 6.92 Å². The van der Waals surface area contributed by atoms with Crippen molar-refractivity contribution in [2.45, 2.75) is 59.1 Å². The molecule has 0 amide bonds. The van der Waals surface area contributed by atoms with E-state index in [4.69, 9.17) is 0 Å². The van der Waals surface area contributed by atoms with Crippen LogP contribution < -0.4 is 0 Å². The van der Waals surface area contributed by atoms with Crippen molar-refractivity contribution in [3.8, 4) is 0 Å². The van der Waals surface area contributed by atoms with Gasteiger partial charge in [-0.2, -0.15) is 15.3 Å². The lowest BCUT2D eigenvalue weighted by Gasteiger charge is -2.13. The zero-order valence-electron chi connectivity index (χ0n) is 13.2. The maximum absolute atomic E-state index is 10.5. The van der Waals surface area contributed by atoms with Crippen LogP contribution in [0.4, 0.5) is 0 Å². The summed E-state index contributed by atoms with van der Waals surface area (Å²) in [6.07, 6.45) is 3.70. The van der Waals surface area contributed by atoms with E-state index >= 15 is 0 Å². The summed E-state index contributed by atoms with van der Waals surface area (Å²) < 4.78 is 1.96. The minimum atomic E-state index is -0.588. The molecule has 0 bridgehead atoms. The van der Waals surface area contributed by atoms with E-state index < -0.39 is 6.10 Å². The highest BCUT2D eigenvalue weighted by Crippen LogP contribution is 2.21. The molecule has 114 valence electrons. The molecular weight excluding hydrogens is 264 g/mol. The number of aryl methyl sites for hydroxylation is 2. The summed E-state index contributed by atoms with van der Waals surface area (Å²) in [5, 5.41) is 23.3. The first-order valence-electron chi connectivity index (χ1n) is 7.60. The van der Waals surface area contributed by atoms with Crippen molar-refractivity contribution in [2.75, 3.05) is 0 Å². The molecule has 0 aromatic carbocycles. The third-order valence-corrected chi connectivity index (χ3v) is 3.83. The molecule has 0 saturated carbocycles. The fourth-order valence-electron chi connectivity index (χ4n) is 2.32. The summed E-state index contributed by atoms with van der Waals surface area (Å²) in [6, 6.07) is 4.27. The predicted octanol–water partition coefficient (Wildman–Crippen LogP) is 2.79. The first-order chi connectivity index (χ1) is 10.0. The van der Waals surface area contributed by atoms with Gasteiger partial charge in [-0.1, -0.05) is 13.8 Å². The second kappa shape index (κ2) is 6.80. The fraction of sp³-hybridized carbons (Fsp3) is 0.562. The van der Waals surface area contributed by atoms with Crippen LogP contribution in [0.2, 0.25) is 0 Å². The molecule has 2 atom stereocenters. The van der Waals surface area contributed by atoms with Crippen LogP contribution in [0.1, 0.15) is 62.0 Å². The first-order valence-corrected chi connectivity index (χ1v) is 7.60. The average Bonchev–Trinajstić information content (AvgIpc) is 2.94. The molecule has 0 radical (unpaired) electrons. The van der Waals surface area contributed by atoms with Gasteiger partial charge in [-0.25, -0.2) is 0 Å². The highest BCUT2D eigenvalue weighted by atomic mass is 16.3. The van der Waals surface area contributed by atoms with Crippen LogP contribution in [-0.4, -0.2) is 25.1 Å². The van der Waals surface area contributed by atoms with Gasteiger partial charge in [0, 0.05) is 24.2 Å². The molecule has 0 saturated heterocycles. The normalized spacial score (nSPS) is 14.1. The monoisotopic (exact) mass is 288 g/mol. The van der Waals surface area contributed by atoms with Gasteiger partial charge in [-0.3, -0.25) is 4.68 Å². The summed E-state index contributed by atoms with van der Waals surface area (Å²) in [4.78, 5) is 0. The lowest BCUT2D eigenvalue weighted by molar-refractivity contribution is 0.175. The maximum Gasteiger partial charge on any atom is 0.0865 e. The number of rotatable bonds is 6. The van der Waals surface area contributed by atoms with Crippen LogP contribution in [0.5, 0.6) is 0 Å². The van der Waals surface area contributed by atoms with Crippen molar-refractivity contribution >= 4 is 0 Å². The van der Waals surface area contributed by atoms with Crippen LogP contribution in [0.15, 0.2) is 18.3 Å². The largest absolute Gasteiger partial charge is 0.388 e. The molecular formula is C16H24N4O. The SMILES string of the molecule is CCc1nnc(C)cc1C(O)Cc1ccn(C(C)CC)n1. The molecule has 5 heteroatoms. The Hall–Kier alpha value is -1.75. The Bertz CT molecular complexity index is 594.